The van der Waals surface area contributed by atoms with E-state index in [0.29, 0.717) is 36.5 Å². The first-order valence-electron chi connectivity index (χ1n) is 9.96. The van der Waals surface area contributed by atoms with Crippen LogP contribution in [0, 0.1) is 0 Å². The van der Waals surface area contributed by atoms with E-state index < -0.39 is 0 Å². The van der Waals surface area contributed by atoms with Crippen LogP contribution in [0.25, 0.3) is 17.0 Å². The molecule has 1 aliphatic rings. The van der Waals surface area contributed by atoms with Crippen molar-refractivity contribution in [3.05, 3.63) is 104 Å². The number of para-hydroxylation sites is 1. The van der Waals surface area contributed by atoms with Crippen LogP contribution in [0.2, 0.25) is 15.1 Å². The monoisotopic (exact) mass is 528 g/mol. The second kappa shape index (κ2) is 9.16. The van der Waals surface area contributed by atoms with E-state index in [1.807, 2.05) is 42.6 Å². The smallest absolute Gasteiger partial charge is 0.270 e. The maximum atomic E-state index is 13.2. The molecule has 0 aliphatic carbocycles. The van der Waals surface area contributed by atoms with Gasteiger partial charge in [-0.25, -0.2) is 0 Å². The van der Waals surface area contributed by atoms with Crippen LogP contribution in [0.1, 0.15) is 11.1 Å². The average molecular weight is 530 g/mol. The zero-order valence-corrected chi connectivity index (χ0v) is 20.9. The van der Waals surface area contributed by atoms with Gasteiger partial charge >= 0.3 is 0 Å². The number of hydrogen-bond acceptors (Lipinski definition) is 3. The molecule has 33 heavy (non-hydrogen) atoms. The Kier molecular flexibility index (Phi) is 6.25. The van der Waals surface area contributed by atoms with E-state index in [1.165, 1.54) is 16.7 Å². The number of anilines is 1. The van der Waals surface area contributed by atoms with Gasteiger partial charge in [0.2, 0.25) is 0 Å². The van der Waals surface area contributed by atoms with Gasteiger partial charge in [0.05, 0.1) is 10.6 Å². The van der Waals surface area contributed by atoms with E-state index in [0.717, 1.165) is 22.0 Å². The Morgan fingerprint density at radius 3 is 2.42 bits per heavy atom. The molecule has 0 spiro atoms. The number of aromatic nitrogens is 1. The molecule has 8 heteroatoms. The van der Waals surface area contributed by atoms with Gasteiger partial charge in [0.25, 0.3) is 5.91 Å². The average Bonchev–Trinajstić information content (AvgIpc) is 3.28. The molecule has 5 rings (SSSR count). The van der Waals surface area contributed by atoms with Crippen molar-refractivity contribution >= 4 is 91.7 Å². The van der Waals surface area contributed by atoms with E-state index in [4.69, 9.17) is 47.0 Å². The summed E-state index contributed by atoms with van der Waals surface area (Å²) < 4.78 is 2.61. The summed E-state index contributed by atoms with van der Waals surface area (Å²) in [5.41, 5.74) is 3.64. The molecule has 1 fully saturated rings. The largest absolute Gasteiger partial charge is 0.342 e. The molecular formula is C25H15Cl3N2OS2. The Balaban J connectivity index is 1.52. The summed E-state index contributed by atoms with van der Waals surface area (Å²) in [7, 11) is 0. The highest BCUT2D eigenvalue weighted by molar-refractivity contribution is 8.27. The zero-order valence-electron chi connectivity index (χ0n) is 17.0. The summed E-state index contributed by atoms with van der Waals surface area (Å²) in [4.78, 5) is 15.3. The number of fused-ring (bicyclic) bond motifs is 1. The van der Waals surface area contributed by atoms with Crippen LogP contribution in [-0.4, -0.2) is 14.8 Å². The van der Waals surface area contributed by atoms with E-state index in [1.54, 1.807) is 30.3 Å². The maximum absolute atomic E-state index is 13.2. The molecule has 0 saturated carbocycles. The quantitative estimate of drug-likeness (QED) is 0.197. The minimum atomic E-state index is -0.148. The number of carbonyl (C=O) groups excluding carboxylic acids is 1. The predicted octanol–water partition coefficient (Wildman–Crippen LogP) is 8.06. The normalized spacial score (nSPS) is 15.2. The molecule has 164 valence electrons. The first-order chi connectivity index (χ1) is 15.9. The van der Waals surface area contributed by atoms with Crippen LogP contribution < -0.4 is 4.90 Å². The molecular weight excluding hydrogens is 515 g/mol. The molecule has 1 aromatic heterocycles. The number of hydrogen-bond donors (Lipinski definition) is 0. The van der Waals surface area contributed by atoms with Crippen molar-refractivity contribution in [3.63, 3.8) is 0 Å². The molecule has 3 nitrogen and oxygen atoms in total. The van der Waals surface area contributed by atoms with Crippen molar-refractivity contribution in [2.45, 2.75) is 6.54 Å². The summed E-state index contributed by atoms with van der Waals surface area (Å²) in [6, 6.07) is 20.6. The lowest BCUT2D eigenvalue weighted by Gasteiger charge is -2.14. The number of halogens is 3. The molecule has 0 radical (unpaired) electrons. The minimum Gasteiger partial charge on any atom is -0.342 e. The van der Waals surface area contributed by atoms with Crippen molar-refractivity contribution in [1.82, 2.24) is 4.57 Å². The first-order valence-corrected chi connectivity index (χ1v) is 12.3. The van der Waals surface area contributed by atoms with Gasteiger partial charge in [-0.15, -0.1) is 0 Å². The predicted molar refractivity (Wildman–Crippen MR) is 145 cm³/mol. The van der Waals surface area contributed by atoms with Gasteiger partial charge in [-0.2, -0.15) is 0 Å². The van der Waals surface area contributed by atoms with Crippen molar-refractivity contribution in [2.24, 2.45) is 0 Å². The van der Waals surface area contributed by atoms with E-state index in [9.17, 15) is 4.79 Å². The number of rotatable bonds is 4. The lowest BCUT2D eigenvalue weighted by Crippen LogP contribution is -2.27. The van der Waals surface area contributed by atoms with Gasteiger partial charge < -0.3 is 4.57 Å². The number of amides is 1. The Hall–Kier alpha value is -2.28. The van der Waals surface area contributed by atoms with E-state index in [2.05, 4.69) is 10.6 Å². The van der Waals surface area contributed by atoms with Gasteiger partial charge in [0.15, 0.2) is 4.32 Å². The number of thioether (sulfide) groups is 1. The molecule has 0 bridgehead atoms. The van der Waals surface area contributed by atoms with E-state index in [-0.39, 0.29) is 5.91 Å². The number of benzene rings is 3. The van der Waals surface area contributed by atoms with Crippen LogP contribution in [0.3, 0.4) is 0 Å². The Labute approximate surface area is 215 Å². The molecule has 0 atom stereocenters. The molecule has 3 aromatic carbocycles. The summed E-state index contributed by atoms with van der Waals surface area (Å²) in [6.45, 7) is 0.579. The topological polar surface area (TPSA) is 25.2 Å². The standard InChI is InChI=1S/C25H15Cl3N2OS2/c26-17-7-9-19(10-8-17)30-24(31)23(33-25(30)32)11-16-14-29(22-4-2-1-3-20(16)22)13-15-5-6-18(27)12-21(15)28/h1-12,14H,13H2/b23-11-. The van der Waals surface area contributed by atoms with Crippen LogP contribution in [0.5, 0.6) is 0 Å². The first kappa shape index (κ1) is 22.5. The van der Waals surface area contributed by atoms with Crippen LogP contribution in [0.4, 0.5) is 5.69 Å². The molecule has 0 unspecified atom stereocenters. The number of thiocarbonyl (C=S) groups is 1. The summed E-state index contributed by atoms with van der Waals surface area (Å²) in [5.74, 6) is -0.148. The van der Waals surface area contributed by atoms with Gasteiger partial charge in [0, 0.05) is 44.3 Å². The summed E-state index contributed by atoms with van der Waals surface area (Å²) in [5, 5.41) is 2.86. The van der Waals surface area contributed by atoms with Gasteiger partial charge in [-0.05, 0) is 54.1 Å². The second-order valence-corrected chi connectivity index (χ2v) is 10.4. The molecule has 0 N–H and O–H groups in total. The Bertz CT molecular complexity index is 1440. The maximum Gasteiger partial charge on any atom is 0.270 e. The molecule has 2 heterocycles. The number of nitrogens with zero attached hydrogens (tertiary/aromatic N) is 2. The fourth-order valence-corrected chi connectivity index (χ4v) is 5.66. The van der Waals surface area contributed by atoms with Crippen LogP contribution in [0.15, 0.2) is 77.8 Å². The fourth-order valence-electron chi connectivity index (χ4n) is 3.78. The highest BCUT2D eigenvalue weighted by Gasteiger charge is 2.33. The van der Waals surface area contributed by atoms with Gasteiger partial charge in [-0.3, -0.25) is 9.69 Å². The molecule has 1 aliphatic heterocycles. The highest BCUT2D eigenvalue weighted by Crippen LogP contribution is 2.37. The fraction of sp³-hybridized carbons (Fsp3) is 0.0400. The lowest BCUT2D eigenvalue weighted by atomic mass is 10.1. The molecule has 1 saturated heterocycles. The van der Waals surface area contributed by atoms with Crippen molar-refractivity contribution in [3.8, 4) is 0 Å². The lowest BCUT2D eigenvalue weighted by molar-refractivity contribution is -0.113. The van der Waals surface area contributed by atoms with Gasteiger partial charge in [0.1, 0.15) is 0 Å². The Morgan fingerprint density at radius 1 is 0.939 bits per heavy atom. The third-order valence-corrected chi connectivity index (χ3v) is 7.48. The SMILES string of the molecule is O=C1/C(=C/c2cn(Cc3ccc(Cl)cc3Cl)c3ccccc23)SC(=S)N1c1ccc(Cl)cc1. The van der Waals surface area contributed by atoms with Crippen molar-refractivity contribution in [2.75, 3.05) is 4.90 Å². The van der Waals surface area contributed by atoms with E-state index >= 15 is 0 Å². The summed E-state index contributed by atoms with van der Waals surface area (Å²) in [6.07, 6.45) is 3.93. The Morgan fingerprint density at radius 2 is 1.67 bits per heavy atom. The molecule has 1 amide bonds. The highest BCUT2D eigenvalue weighted by atomic mass is 35.5. The number of carbonyl (C=O) groups is 1. The molecule has 4 aromatic rings. The summed E-state index contributed by atoms with van der Waals surface area (Å²) >= 11 is 25.2. The zero-order chi connectivity index (χ0) is 23.1. The minimum absolute atomic E-state index is 0.148. The second-order valence-electron chi connectivity index (χ2n) is 7.46. The van der Waals surface area contributed by atoms with Crippen LogP contribution >= 0.6 is 58.8 Å². The van der Waals surface area contributed by atoms with Crippen molar-refractivity contribution < 1.29 is 4.79 Å². The third kappa shape index (κ3) is 4.44. The van der Waals surface area contributed by atoms with Crippen LogP contribution in [-0.2, 0) is 11.3 Å². The third-order valence-electron chi connectivity index (χ3n) is 5.34. The van der Waals surface area contributed by atoms with Gasteiger partial charge in [-0.1, -0.05) is 83.0 Å². The van der Waals surface area contributed by atoms with Crippen molar-refractivity contribution in [1.29, 1.82) is 0 Å².